The minimum absolute atomic E-state index is 0.0384. The van der Waals surface area contributed by atoms with Crippen molar-refractivity contribution >= 4 is 33.0 Å². The molecule has 118 valence electrons. The van der Waals surface area contributed by atoms with Crippen molar-refractivity contribution in [3.63, 3.8) is 0 Å². The summed E-state index contributed by atoms with van der Waals surface area (Å²) in [6.45, 7) is 0.242. The summed E-state index contributed by atoms with van der Waals surface area (Å²) < 4.78 is 0.506. The molecule has 24 heavy (non-hydrogen) atoms. The first-order chi connectivity index (χ1) is 11.6. The van der Waals surface area contributed by atoms with E-state index in [2.05, 4.69) is 36.2 Å². The minimum atomic E-state index is -0.531. The molecule has 3 rings (SSSR count). The van der Waals surface area contributed by atoms with Gasteiger partial charge in [0.1, 0.15) is 15.7 Å². The average molecular weight is 384 g/mol. The SMILES string of the molecule is N#Cc1ccc(CNC(=O)c2cc3nc(Br)cnc3[nH]c2=O)cc1. The molecule has 1 amide bonds. The van der Waals surface area contributed by atoms with Crippen molar-refractivity contribution in [1.29, 1.82) is 5.26 Å². The first kappa shape index (κ1) is 15.8. The minimum Gasteiger partial charge on any atom is -0.348 e. The van der Waals surface area contributed by atoms with E-state index in [1.165, 1.54) is 12.3 Å². The molecule has 3 aromatic rings. The molecule has 2 aromatic heterocycles. The lowest BCUT2D eigenvalue weighted by atomic mass is 10.1. The standard InChI is InChI=1S/C16H10BrN5O2/c17-13-8-19-14-12(21-13)5-11(16(24)22-14)15(23)20-7-10-3-1-9(6-18)2-4-10/h1-5,8H,7H2,(H,20,23)(H,19,22,24). The number of halogens is 1. The molecule has 0 aliphatic heterocycles. The fourth-order valence-corrected chi connectivity index (χ4v) is 2.39. The van der Waals surface area contributed by atoms with Gasteiger partial charge in [-0.3, -0.25) is 9.59 Å². The second-order valence-electron chi connectivity index (χ2n) is 4.93. The van der Waals surface area contributed by atoms with Crippen molar-refractivity contribution in [1.82, 2.24) is 20.3 Å². The summed E-state index contributed by atoms with van der Waals surface area (Å²) in [7, 11) is 0. The summed E-state index contributed by atoms with van der Waals surface area (Å²) in [6.07, 6.45) is 1.46. The summed E-state index contributed by atoms with van der Waals surface area (Å²) in [4.78, 5) is 35.0. The van der Waals surface area contributed by atoms with Gasteiger partial charge in [0.15, 0.2) is 5.65 Å². The molecule has 0 radical (unpaired) electrons. The predicted octanol–water partition coefficient (Wildman–Crippen LogP) is 1.88. The van der Waals surface area contributed by atoms with Crippen molar-refractivity contribution < 1.29 is 4.79 Å². The number of nitrogens with one attached hydrogen (secondary N) is 2. The van der Waals surface area contributed by atoms with Crippen LogP contribution in [0.15, 0.2) is 45.9 Å². The molecule has 0 unspecified atom stereocenters. The number of fused-ring (bicyclic) bond motifs is 1. The largest absolute Gasteiger partial charge is 0.348 e. The third-order valence-corrected chi connectivity index (χ3v) is 3.69. The molecular weight excluding hydrogens is 374 g/mol. The lowest BCUT2D eigenvalue weighted by Gasteiger charge is -2.06. The smallest absolute Gasteiger partial charge is 0.262 e. The number of nitrogens with zero attached hydrogens (tertiary/aromatic N) is 3. The molecule has 0 aliphatic carbocycles. The lowest BCUT2D eigenvalue weighted by molar-refractivity contribution is 0.0949. The summed E-state index contributed by atoms with van der Waals surface area (Å²) >= 11 is 3.20. The van der Waals surface area contributed by atoms with E-state index < -0.39 is 11.5 Å². The van der Waals surface area contributed by atoms with Crippen LogP contribution in [0.25, 0.3) is 11.2 Å². The van der Waals surface area contributed by atoms with Gasteiger partial charge in [0.25, 0.3) is 11.5 Å². The first-order valence-electron chi connectivity index (χ1n) is 6.89. The van der Waals surface area contributed by atoms with Crippen LogP contribution in [0.3, 0.4) is 0 Å². The van der Waals surface area contributed by atoms with E-state index >= 15 is 0 Å². The molecule has 2 N–H and O–H groups in total. The van der Waals surface area contributed by atoms with Crippen LogP contribution in [0.4, 0.5) is 0 Å². The Morgan fingerprint density at radius 1 is 1.33 bits per heavy atom. The van der Waals surface area contributed by atoms with Gasteiger partial charge in [-0.25, -0.2) is 9.97 Å². The predicted molar refractivity (Wildman–Crippen MR) is 90.2 cm³/mol. The van der Waals surface area contributed by atoms with Crippen LogP contribution in [-0.2, 0) is 6.54 Å². The summed E-state index contributed by atoms with van der Waals surface area (Å²) in [5, 5.41) is 11.4. The lowest BCUT2D eigenvalue weighted by Crippen LogP contribution is -2.29. The van der Waals surface area contributed by atoms with Gasteiger partial charge in [-0.15, -0.1) is 0 Å². The number of aromatic nitrogens is 3. The van der Waals surface area contributed by atoms with Gasteiger partial charge >= 0.3 is 0 Å². The van der Waals surface area contributed by atoms with Crippen LogP contribution in [0.5, 0.6) is 0 Å². The van der Waals surface area contributed by atoms with Crippen molar-refractivity contribution in [3.8, 4) is 6.07 Å². The molecular formula is C16H10BrN5O2. The number of nitriles is 1. The number of rotatable bonds is 3. The van der Waals surface area contributed by atoms with Gasteiger partial charge in [-0.1, -0.05) is 12.1 Å². The summed E-state index contributed by atoms with van der Waals surface area (Å²) in [5.41, 5.74) is 1.52. The quantitative estimate of drug-likeness (QED) is 0.716. The Morgan fingerprint density at radius 2 is 2.08 bits per heavy atom. The highest BCUT2D eigenvalue weighted by Crippen LogP contribution is 2.10. The Balaban J connectivity index is 1.81. The van der Waals surface area contributed by atoms with E-state index in [-0.39, 0.29) is 12.1 Å². The first-order valence-corrected chi connectivity index (χ1v) is 7.69. The Hall–Kier alpha value is -3.05. The molecule has 7 nitrogen and oxygen atoms in total. The molecule has 1 aromatic carbocycles. The van der Waals surface area contributed by atoms with Crippen molar-refractivity contribution in [2.75, 3.05) is 0 Å². The van der Waals surface area contributed by atoms with Crippen LogP contribution >= 0.6 is 15.9 Å². The third kappa shape index (κ3) is 3.31. The molecule has 0 aliphatic rings. The maximum absolute atomic E-state index is 12.2. The van der Waals surface area contributed by atoms with E-state index in [1.807, 2.05) is 6.07 Å². The van der Waals surface area contributed by atoms with Crippen LogP contribution in [-0.4, -0.2) is 20.9 Å². The Bertz CT molecular complexity index is 1020. The molecule has 0 fully saturated rings. The average Bonchev–Trinajstić information content (AvgIpc) is 2.60. The van der Waals surface area contributed by atoms with Gasteiger partial charge in [-0.05, 0) is 39.7 Å². The van der Waals surface area contributed by atoms with E-state index in [1.54, 1.807) is 24.3 Å². The van der Waals surface area contributed by atoms with Crippen LogP contribution < -0.4 is 10.9 Å². The highest BCUT2D eigenvalue weighted by atomic mass is 79.9. The zero-order valence-electron chi connectivity index (χ0n) is 12.2. The number of benzene rings is 1. The zero-order chi connectivity index (χ0) is 17.1. The number of hydrogen-bond donors (Lipinski definition) is 2. The number of hydrogen-bond acceptors (Lipinski definition) is 5. The molecule has 0 saturated carbocycles. The van der Waals surface area contributed by atoms with Crippen LogP contribution in [0.2, 0.25) is 0 Å². The maximum atomic E-state index is 12.2. The molecule has 0 saturated heterocycles. The summed E-state index contributed by atoms with van der Waals surface area (Å²) in [5.74, 6) is -0.510. The molecule has 8 heteroatoms. The highest BCUT2D eigenvalue weighted by molar-refractivity contribution is 9.10. The van der Waals surface area contributed by atoms with Crippen molar-refractivity contribution in [2.24, 2.45) is 0 Å². The Kier molecular flexibility index (Phi) is 4.35. The van der Waals surface area contributed by atoms with Gasteiger partial charge in [0.05, 0.1) is 17.8 Å². The zero-order valence-corrected chi connectivity index (χ0v) is 13.8. The van der Waals surface area contributed by atoms with Crippen LogP contribution in [0, 0.1) is 11.3 Å². The molecule has 0 spiro atoms. The van der Waals surface area contributed by atoms with Crippen molar-refractivity contribution in [2.45, 2.75) is 6.54 Å². The van der Waals surface area contributed by atoms with Gasteiger partial charge in [-0.2, -0.15) is 5.26 Å². The van der Waals surface area contributed by atoms with Gasteiger partial charge < -0.3 is 10.3 Å². The summed E-state index contributed by atoms with van der Waals surface area (Å²) in [6, 6.07) is 10.2. The Morgan fingerprint density at radius 3 is 2.79 bits per heavy atom. The second-order valence-corrected chi connectivity index (χ2v) is 5.74. The number of H-pyrrole nitrogens is 1. The number of pyridine rings is 1. The van der Waals surface area contributed by atoms with Gasteiger partial charge in [0, 0.05) is 6.54 Å². The van der Waals surface area contributed by atoms with Gasteiger partial charge in [0.2, 0.25) is 0 Å². The number of carbonyl (C=O) groups excluding carboxylic acids is 1. The van der Waals surface area contributed by atoms with E-state index in [9.17, 15) is 9.59 Å². The fourth-order valence-electron chi connectivity index (χ4n) is 2.10. The van der Waals surface area contributed by atoms with E-state index in [0.29, 0.717) is 21.3 Å². The topological polar surface area (TPSA) is 112 Å². The Labute approximate surface area is 144 Å². The normalized spacial score (nSPS) is 10.3. The third-order valence-electron chi connectivity index (χ3n) is 3.31. The number of carbonyl (C=O) groups is 1. The molecule has 2 heterocycles. The maximum Gasteiger partial charge on any atom is 0.262 e. The monoisotopic (exact) mass is 383 g/mol. The second kappa shape index (κ2) is 6.60. The fraction of sp³-hybridized carbons (Fsp3) is 0.0625. The number of amides is 1. The van der Waals surface area contributed by atoms with Crippen LogP contribution in [0.1, 0.15) is 21.5 Å². The number of aromatic amines is 1. The van der Waals surface area contributed by atoms with E-state index in [4.69, 9.17) is 5.26 Å². The molecule has 0 bridgehead atoms. The van der Waals surface area contributed by atoms with Crippen molar-refractivity contribution in [3.05, 3.63) is 68.2 Å². The molecule has 0 atom stereocenters. The highest BCUT2D eigenvalue weighted by Gasteiger charge is 2.13. The van der Waals surface area contributed by atoms with E-state index in [0.717, 1.165) is 5.56 Å².